The first-order valence-corrected chi connectivity index (χ1v) is 6.29. The summed E-state index contributed by atoms with van der Waals surface area (Å²) in [5, 5.41) is 14.6. The van der Waals surface area contributed by atoms with Gasteiger partial charge in [-0.05, 0) is 13.0 Å². The lowest BCUT2D eigenvalue weighted by Gasteiger charge is -2.11. The number of benzene rings is 1. The molecule has 100 valence electrons. The van der Waals surface area contributed by atoms with Crippen molar-refractivity contribution in [2.24, 2.45) is 0 Å². The number of aromatic nitrogens is 3. The molecular weight excluding hydrogens is 278 g/mol. The minimum atomic E-state index is -0.986. The summed E-state index contributed by atoms with van der Waals surface area (Å²) in [6.07, 6.45) is 3.08. The van der Waals surface area contributed by atoms with Crippen LogP contribution in [0.15, 0.2) is 36.7 Å². The summed E-state index contributed by atoms with van der Waals surface area (Å²) in [5.74, 6) is -0.520. The molecule has 2 aromatic heterocycles. The molecule has 0 fully saturated rings. The molecule has 0 spiro atoms. The van der Waals surface area contributed by atoms with Gasteiger partial charge >= 0.3 is 5.97 Å². The molecule has 0 radical (unpaired) electrons. The second-order valence-corrected chi connectivity index (χ2v) is 4.80. The Kier molecular flexibility index (Phi) is 2.91. The molecule has 0 aliphatic rings. The minimum absolute atomic E-state index is 0.234. The molecule has 1 aromatic carbocycles. The minimum Gasteiger partial charge on any atom is -0.478 e. The zero-order valence-electron chi connectivity index (χ0n) is 10.5. The first-order valence-electron chi connectivity index (χ1n) is 5.91. The van der Waals surface area contributed by atoms with Crippen molar-refractivity contribution in [2.45, 2.75) is 6.92 Å². The summed E-state index contributed by atoms with van der Waals surface area (Å²) in [5.41, 5.74) is 1.39. The van der Waals surface area contributed by atoms with Crippen molar-refractivity contribution in [1.82, 2.24) is 14.8 Å². The van der Waals surface area contributed by atoms with Crippen LogP contribution in [0.2, 0.25) is 5.02 Å². The highest BCUT2D eigenvalue weighted by Crippen LogP contribution is 2.25. The normalized spacial score (nSPS) is 10.9. The zero-order valence-corrected chi connectivity index (χ0v) is 11.3. The highest BCUT2D eigenvalue weighted by Gasteiger charge is 2.18. The number of carbonyl (C=O) groups is 1. The van der Waals surface area contributed by atoms with E-state index in [1.807, 2.05) is 6.07 Å². The third-order valence-corrected chi connectivity index (χ3v) is 3.29. The largest absolute Gasteiger partial charge is 0.478 e. The first-order chi connectivity index (χ1) is 9.58. The number of aromatic carboxylic acids is 1. The fourth-order valence-corrected chi connectivity index (χ4v) is 2.35. The molecule has 0 amide bonds. The summed E-state index contributed by atoms with van der Waals surface area (Å²) in [4.78, 5) is 16.0. The summed E-state index contributed by atoms with van der Waals surface area (Å²) >= 11 is 5.86. The van der Waals surface area contributed by atoms with Crippen molar-refractivity contribution >= 4 is 28.5 Å². The van der Waals surface area contributed by atoms with Gasteiger partial charge in [0.15, 0.2) is 5.82 Å². The van der Waals surface area contributed by atoms with Crippen molar-refractivity contribution in [1.29, 1.82) is 0 Å². The van der Waals surface area contributed by atoms with Crippen LogP contribution in [0.1, 0.15) is 15.9 Å². The van der Waals surface area contributed by atoms with Crippen LogP contribution in [-0.4, -0.2) is 25.8 Å². The van der Waals surface area contributed by atoms with Crippen LogP contribution in [0.3, 0.4) is 0 Å². The summed E-state index contributed by atoms with van der Waals surface area (Å²) in [6, 6.07) is 7.13. The number of rotatable bonds is 2. The second kappa shape index (κ2) is 4.61. The van der Waals surface area contributed by atoms with E-state index in [0.717, 1.165) is 0 Å². The second-order valence-electron chi connectivity index (χ2n) is 4.36. The van der Waals surface area contributed by atoms with E-state index in [1.54, 1.807) is 31.3 Å². The van der Waals surface area contributed by atoms with Gasteiger partial charge in [0.25, 0.3) is 0 Å². The van der Waals surface area contributed by atoms with E-state index in [9.17, 15) is 9.90 Å². The molecule has 2 heterocycles. The molecule has 0 saturated carbocycles. The number of halogens is 1. The van der Waals surface area contributed by atoms with Gasteiger partial charge in [-0.3, -0.25) is 0 Å². The van der Waals surface area contributed by atoms with Gasteiger partial charge in [-0.25, -0.2) is 14.5 Å². The number of pyridine rings is 1. The lowest BCUT2D eigenvalue weighted by atomic mass is 10.0. The van der Waals surface area contributed by atoms with E-state index >= 15 is 0 Å². The van der Waals surface area contributed by atoms with Crippen LogP contribution >= 0.6 is 11.6 Å². The van der Waals surface area contributed by atoms with Crippen LogP contribution in [0.4, 0.5) is 0 Å². The summed E-state index contributed by atoms with van der Waals surface area (Å²) < 4.78 is 1.48. The van der Waals surface area contributed by atoms with Crippen molar-refractivity contribution in [3.05, 3.63) is 52.8 Å². The average molecular weight is 288 g/mol. The van der Waals surface area contributed by atoms with Gasteiger partial charge in [-0.1, -0.05) is 29.8 Å². The fourth-order valence-electron chi connectivity index (χ4n) is 2.21. The van der Waals surface area contributed by atoms with Gasteiger partial charge in [0.05, 0.1) is 28.5 Å². The zero-order chi connectivity index (χ0) is 14.3. The molecule has 1 N–H and O–H groups in total. The highest BCUT2D eigenvalue weighted by atomic mass is 35.5. The standard InChI is InChI=1S/C14H10ClN3O2/c1-8-12(14(19)20)10-4-2-3-5-11(10)17-13(8)18-7-9(15)6-16-18/h2-7H,1H3,(H,19,20). The predicted molar refractivity (Wildman–Crippen MR) is 75.6 cm³/mol. The van der Waals surface area contributed by atoms with Crippen molar-refractivity contribution in [2.75, 3.05) is 0 Å². The molecule has 5 nitrogen and oxygen atoms in total. The Morgan fingerprint density at radius 1 is 1.35 bits per heavy atom. The number of nitrogens with zero attached hydrogens (tertiary/aromatic N) is 3. The molecule has 3 aromatic rings. The number of carboxylic acids is 1. The lowest BCUT2D eigenvalue weighted by molar-refractivity contribution is 0.0698. The smallest absolute Gasteiger partial charge is 0.336 e. The number of para-hydroxylation sites is 1. The number of hydrogen-bond acceptors (Lipinski definition) is 3. The Morgan fingerprint density at radius 2 is 2.10 bits per heavy atom. The highest BCUT2D eigenvalue weighted by molar-refractivity contribution is 6.30. The van der Waals surface area contributed by atoms with Crippen LogP contribution in [-0.2, 0) is 0 Å². The van der Waals surface area contributed by atoms with Crippen LogP contribution < -0.4 is 0 Å². The van der Waals surface area contributed by atoms with Crippen molar-refractivity contribution < 1.29 is 9.90 Å². The van der Waals surface area contributed by atoms with Gasteiger partial charge in [-0.15, -0.1) is 0 Å². The van der Waals surface area contributed by atoms with E-state index in [1.165, 1.54) is 10.9 Å². The van der Waals surface area contributed by atoms with E-state index in [-0.39, 0.29) is 5.56 Å². The van der Waals surface area contributed by atoms with E-state index in [0.29, 0.717) is 27.3 Å². The SMILES string of the molecule is Cc1c(-n2cc(Cl)cn2)nc2ccccc2c1C(=O)O. The Morgan fingerprint density at radius 3 is 2.75 bits per heavy atom. The molecule has 0 atom stereocenters. The Balaban J connectivity index is 2.39. The van der Waals surface area contributed by atoms with Gasteiger partial charge in [-0.2, -0.15) is 5.10 Å². The molecule has 6 heteroatoms. The number of hydrogen-bond donors (Lipinski definition) is 1. The number of fused-ring (bicyclic) bond motifs is 1. The lowest BCUT2D eigenvalue weighted by Crippen LogP contribution is -2.09. The third-order valence-electron chi connectivity index (χ3n) is 3.09. The van der Waals surface area contributed by atoms with Crippen LogP contribution in [0.25, 0.3) is 16.7 Å². The maximum absolute atomic E-state index is 11.5. The Hall–Kier alpha value is -2.40. The van der Waals surface area contributed by atoms with Gasteiger partial charge in [0, 0.05) is 10.9 Å². The summed E-state index contributed by atoms with van der Waals surface area (Å²) in [6.45, 7) is 1.72. The van der Waals surface area contributed by atoms with Gasteiger partial charge in [0.2, 0.25) is 0 Å². The molecule has 20 heavy (non-hydrogen) atoms. The maximum atomic E-state index is 11.5. The molecule has 3 rings (SSSR count). The van der Waals surface area contributed by atoms with E-state index in [2.05, 4.69) is 10.1 Å². The average Bonchev–Trinajstić information content (AvgIpc) is 2.84. The Labute approximate surface area is 119 Å². The molecule has 0 unspecified atom stereocenters. The quantitative estimate of drug-likeness (QED) is 0.786. The van der Waals surface area contributed by atoms with Gasteiger partial charge in [0.1, 0.15) is 0 Å². The molecule has 0 bridgehead atoms. The molecule has 0 aliphatic heterocycles. The predicted octanol–water partition coefficient (Wildman–Crippen LogP) is 3.08. The van der Waals surface area contributed by atoms with E-state index < -0.39 is 5.97 Å². The van der Waals surface area contributed by atoms with Crippen LogP contribution in [0, 0.1) is 6.92 Å². The van der Waals surface area contributed by atoms with E-state index in [4.69, 9.17) is 11.6 Å². The van der Waals surface area contributed by atoms with Crippen molar-refractivity contribution in [3.63, 3.8) is 0 Å². The Bertz CT molecular complexity index is 826. The van der Waals surface area contributed by atoms with Crippen LogP contribution in [0.5, 0.6) is 0 Å². The monoisotopic (exact) mass is 287 g/mol. The molecule has 0 aliphatic carbocycles. The van der Waals surface area contributed by atoms with Crippen molar-refractivity contribution in [3.8, 4) is 5.82 Å². The summed E-state index contributed by atoms with van der Waals surface area (Å²) in [7, 11) is 0. The number of carboxylic acid groups (broad SMARTS) is 1. The van der Waals surface area contributed by atoms with Gasteiger partial charge < -0.3 is 5.11 Å². The topological polar surface area (TPSA) is 68.0 Å². The maximum Gasteiger partial charge on any atom is 0.336 e. The third kappa shape index (κ3) is 1.92. The molecule has 0 saturated heterocycles. The molecular formula is C14H10ClN3O2. The fraction of sp³-hybridized carbons (Fsp3) is 0.0714. The first kappa shape index (κ1) is 12.6.